The Balaban J connectivity index is 1.43. The van der Waals surface area contributed by atoms with Crippen molar-refractivity contribution in [3.63, 3.8) is 0 Å². The van der Waals surface area contributed by atoms with E-state index < -0.39 is 0 Å². The second-order valence-electron chi connectivity index (χ2n) is 6.92. The highest BCUT2D eigenvalue weighted by molar-refractivity contribution is 7.98. The minimum absolute atomic E-state index is 0.0802. The van der Waals surface area contributed by atoms with Crippen molar-refractivity contribution in [1.82, 2.24) is 20.5 Å². The fourth-order valence-electron chi connectivity index (χ4n) is 3.23. The molecule has 3 aromatic carbocycles. The number of carbonyl (C=O) groups is 1. The largest absolute Gasteiger partial charge is 0.346 e. The van der Waals surface area contributed by atoms with Crippen molar-refractivity contribution >= 4 is 17.7 Å². The predicted octanol–water partition coefficient (Wildman–Crippen LogP) is 5.26. The van der Waals surface area contributed by atoms with Crippen molar-refractivity contribution in [2.24, 2.45) is 0 Å². The SMILES string of the molecule is C[C@@H](NC(=O)c1ccccc1CSc1ncn[nH]1)c1ccc(-c2ccccc2)cc1. The monoisotopic (exact) mass is 414 g/mol. The molecule has 4 rings (SSSR count). The van der Waals surface area contributed by atoms with Gasteiger partial charge < -0.3 is 5.32 Å². The van der Waals surface area contributed by atoms with Gasteiger partial charge in [0.15, 0.2) is 5.16 Å². The average Bonchev–Trinajstić information content (AvgIpc) is 3.32. The van der Waals surface area contributed by atoms with Gasteiger partial charge in [0.2, 0.25) is 0 Å². The van der Waals surface area contributed by atoms with Gasteiger partial charge >= 0.3 is 0 Å². The van der Waals surface area contributed by atoms with Crippen LogP contribution in [0, 0.1) is 0 Å². The van der Waals surface area contributed by atoms with Crippen LogP contribution in [0.1, 0.15) is 34.5 Å². The number of rotatable bonds is 7. The molecule has 0 saturated carbocycles. The number of benzene rings is 3. The minimum Gasteiger partial charge on any atom is -0.346 e. The summed E-state index contributed by atoms with van der Waals surface area (Å²) in [6.45, 7) is 2.00. The first-order valence-corrected chi connectivity index (χ1v) is 10.7. The van der Waals surface area contributed by atoms with Crippen LogP contribution < -0.4 is 5.32 Å². The molecule has 0 fully saturated rings. The molecule has 6 heteroatoms. The van der Waals surface area contributed by atoms with Crippen molar-refractivity contribution in [1.29, 1.82) is 0 Å². The Hall–Kier alpha value is -3.38. The van der Waals surface area contributed by atoms with Gasteiger partial charge in [0.05, 0.1) is 6.04 Å². The van der Waals surface area contributed by atoms with Gasteiger partial charge in [0, 0.05) is 11.3 Å². The highest BCUT2D eigenvalue weighted by Crippen LogP contribution is 2.24. The molecule has 0 bridgehead atoms. The molecule has 1 heterocycles. The van der Waals surface area contributed by atoms with Gasteiger partial charge in [-0.05, 0) is 35.2 Å². The Labute approximate surface area is 180 Å². The molecule has 0 aliphatic carbocycles. The van der Waals surface area contributed by atoms with E-state index in [1.54, 1.807) is 0 Å². The van der Waals surface area contributed by atoms with Crippen LogP contribution in [0.4, 0.5) is 0 Å². The number of hydrogen-bond acceptors (Lipinski definition) is 4. The third-order valence-electron chi connectivity index (χ3n) is 4.88. The molecule has 1 amide bonds. The number of aromatic amines is 1. The summed E-state index contributed by atoms with van der Waals surface area (Å²) in [7, 11) is 0. The molecule has 0 saturated heterocycles. The lowest BCUT2D eigenvalue weighted by atomic mass is 10.0. The van der Waals surface area contributed by atoms with Crippen molar-refractivity contribution in [2.75, 3.05) is 0 Å². The highest BCUT2D eigenvalue weighted by Gasteiger charge is 2.15. The molecule has 150 valence electrons. The van der Waals surface area contributed by atoms with Crippen LogP contribution in [0.3, 0.4) is 0 Å². The number of amides is 1. The summed E-state index contributed by atoms with van der Waals surface area (Å²) >= 11 is 1.52. The van der Waals surface area contributed by atoms with Crippen LogP contribution in [-0.4, -0.2) is 21.1 Å². The van der Waals surface area contributed by atoms with Gasteiger partial charge in [-0.25, -0.2) is 4.98 Å². The maximum absolute atomic E-state index is 12.9. The van der Waals surface area contributed by atoms with Gasteiger partial charge in [0.1, 0.15) is 6.33 Å². The first-order chi connectivity index (χ1) is 14.7. The van der Waals surface area contributed by atoms with Crippen molar-refractivity contribution < 1.29 is 4.79 Å². The van der Waals surface area contributed by atoms with E-state index in [2.05, 4.69) is 56.9 Å². The van der Waals surface area contributed by atoms with E-state index in [1.807, 2.05) is 49.4 Å². The Bertz CT molecular complexity index is 1100. The van der Waals surface area contributed by atoms with Gasteiger partial charge in [-0.1, -0.05) is 84.6 Å². The molecule has 5 nitrogen and oxygen atoms in total. The van der Waals surface area contributed by atoms with E-state index in [1.165, 1.54) is 23.7 Å². The predicted molar refractivity (Wildman–Crippen MR) is 120 cm³/mol. The zero-order valence-electron chi connectivity index (χ0n) is 16.6. The molecule has 30 heavy (non-hydrogen) atoms. The summed E-state index contributed by atoms with van der Waals surface area (Å²) in [5.74, 6) is 0.558. The molecule has 4 aromatic rings. The molecular weight excluding hydrogens is 392 g/mol. The Morgan fingerprint density at radius 2 is 1.67 bits per heavy atom. The fourth-order valence-corrected chi connectivity index (χ4v) is 4.01. The van der Waals surface area contributed by atoms with Crippen LogP contribution >= 0.6 is 11.8 Å². The zero-order chi connectivity index (χ0) is 20.8. The number of hydrogen-bond donors (Lipinski definition) is 2. The lowest BCUT2D eigenvalue weighted by Crippen LogP contribution is -2.27. The maximum atomic E-state index is 12.9. The van der Waals surface area contributed by atoms with Crippen molar-refractivity contribution in [3.8, 4) is 11.1 Å². The summed E-state index contributed by atoms with van der Waals surface area (Å²) in [6, 6.07) is 26.1. The third-order valence-corrected chi connectivity index (χ3v) is 5.81. The Morgan fingerprint density at radius 1 is 0.967 bits per heavy atom. The summed E-state index contributed by atoms with van der Waals surface area (Å²) in [5, 5.41) is 10.5. The summed E-state index contributed by atoms with van der Waals surface area (Å²) in [5.41, 5.74) is 5.04. The van der Waals surface area contributed by atoms with E-state index in [0.717, 1.165) is 21.8 Å². The smallest absolute Gasteiger partial charge is 0.252 e. The lowest BCUT2D eigenvalue weighted by Gasteiger charge is -2.16. The molecule has 1 aromatic heterocycles. The zero-order valence-corrected chi connectivity index (χ0v) is 17.4. The van der Waals surface area contributed by atoms with E-state index in [4.69, 9.17) is 0 Å². The summed E-state index contributed by atoms with van der Waals surface area (Å²) < 4.78 is 0. The van der Waals surface area contributed by atoms with E-state index in [-0.39, 0.29) is 11.9 Å². The fraction of sp³-hybridized carbons (Fsp3) is 0.125. The number of thioether (sulfide) groups is 1. The second kappa shape index (κ2) is 9.41. The number of aromatic nitrogens is 3. The average molecular weight is 415 g/mol. The number of nitrogens with one attached hydrogen (secondary N) is 2. The van der Waals surface area contributed by atoms with E-state index in [9.17, 15) is 4.79 Å². The van der Waals surface area contributed by atoms with Gasteiger partial charge in [-0.3, -0.25) is 9.89 Å². The summed E-state index contributed by atoms with van der Waals surface area (Å²) in [6.07, 6.45) is 1.48. The van der Waals surface area contributed by atoms with Crippen molar-refractivity contribution in [3.05, 3.63) is 102 Å². The van der Waals surface area contributed by atoms with Crippen LogP contribution in [0.15, 0.2) is 90.3 Å². The Kier molecular flexibility index (Phi) is 6.25. The molecule has 0 spiro atoms. The molecule has 0 aliphatic rings. The van der Waals surface area contributed by atoms with Crippen LogP contribution in [0.2, 0.25) is 0 Å². The number of nitrogens with zero attached hydrogens (tertiary/aromatic N) is 2. The first kappa shape index (κ1) is 19.9. The topological polar surface area (TPSA) is 70.7 Å². The minimum atomic E-state index is -0.0997. The van der Waals surface area contributed by atoms with E-state index in [0.29, 0.717) is 11.3 Å². The van der Waals surface area contributed by atoms with Crippen molar-refractivity contribution in [2.45, 2.75) is 23.9 Å². The third kappa shape index (κ3) is 4.78. The highest BCUT2D eigenvalue weighted by atomic mass is 32.2. The van der Waals surface area contributed by atoms with Crippen LogP contribution in [-0.2, 0) is 5.75 Å². The molecule has 2 N–H and O–H groups in total. The maximum Gasteiger partial charge on any atom is 0.252 e. The quantitative estimate of drug-likeness (QED) is 0.405. The van der Waals surface area contributed by atoms with Gasteiger partial charge in [-0.15, -0.1) is 0 Å². The molecule has 0 unspecified atom stereocenters. The molecular formula is C24H22N4OS. The first-order valence-electron chi connectivity index (χ1n) is 9.73. The standard InChI is InChI=1S/C24H22N4OS/c1-17(18-11-13-20(14-12-18)19-7-3-2-4-8-19)27-23(29)22-10-6-5-9-21(22)15-30-24-25-16-26-28-24/h2-14,16-17H,15H2,1H3,(H,27,29)(H,25,26,28)/t17-/m1/s1. The normalized spacial score (nSPS) is 11.8. The van der Waals surface area contributed by atoms with E-state index >= 15 is 0 Å². The summed E-state index contributed by atoms with van der Waals surface area (Å²) in [4.78, 5) is 17.1. The Morgan fingerprint density at radius 3 is 2.40 bits per heavy atom. The number of carbonyl (C=O) groups excluding carboxylic acids is 1. The van der Waals surface area contributed by atoms with Crippen LogP contribution in [0.25, 0.3) is 11.1 Å². The second-order valence-corrected chi connectivity index (χ2v) is 7.88. The molecule has 0 radical (unpaired) electrons. The van der Waals surface area contributed by atoms with Gasteiger partial charge in [-0.2, -0.15) is 5.10 Å². The molecule has 1 atom stereocenters. The number of H-pyrrole nitrogens is 1. The lowest BCUT2D eigenvalue weighted by molar-refractivity contribution is 0.0939. The van der Waals surface area contributed by atoms with Gasteiger partial charge in [0.25, 0.3) is 5.91 Å². The molecule has 0 aliphatic heterocycles. The van der Waals surface area contributed by atoms with Crippen LogP contribution in [0.5, 0.6) is 0 Å².